The molecule has 17 heavy (non-hydrogen) atoms. The molecule has 0 amide bonds. The summed E-state index contributed by atoms with van der Waals surface area (Å²) in [7, 11) is 0. The van der Waals surface area contributed by atoms with E-state index in [-0.39, 0.29) is 0 Å². The SMILES string of the molecule is Cc1ccc(-c2nc3nc(CN)cn3[nH]2)cc1. The Bertz CT molecular complexity index is 616. The summed E-state index contributed by atoms with van der Waals surface area (Å²) in [6.07, 6.45) is 1.86. The largest absolute Gasteiger partial charge is 0.325 e. The molecule has 0 radical (unpaired) electrons. The lowest BCUT2D eigenvalue weighted by atomic mass is 10.1. The third-order valence-corrected chi connectivity index (χ3v) is 2.71. The first-order valence-electron chi connectivity index (χ1n) is 5.47. The Balaban J connectivity index is 2.06. The molecule has 2 heterocycles. The summed E-state index contributed by atoms with van der Waals surface area (Å²) in [5, 5.41) is 3.17. The molecule has 0 unspecified atom stereocenters. The van der Waals surface area contributed by atoms with E-state index in [1.165, 1.54) is 5.56 Å². The second kappa shape index (κ2) is 3.71. The van der Waals surface area contributed by atoms with Gasteiger partial charge in [-0.3, -0.25) is 5.10 Å². The van der Waals surface area contributed by atoms with Crippen LogP contribution in [-0.4, -0.2) is 19.6 Å². The standard InChI is InChI=1S/C12H13N5/c1-8-2-4-9(5-3-8)11-15-12-14-10(6-13)7-17(12)16-11/h2-5,7H,6,13H2,1H3,(H,14,15,16). The van der Waals surface area contributed by atoms with Crippen molar-refractivity contribution in [3.05, 3.63) is 41.7 Å². The zero-order chi connectivity index (χ0) is 11.8. The average molecular weight is 227 g/mol. The lowest BCUT2D eigenvalue weighted by Gasteiger charge is -1.96. The number of H-pyrrole nitrogens is 1. The van der Waals surface area contributed by atoms with E-state index in [4.69, 9.17) is 5.73 Å². The fourth-order valence-electron chi connectivity index (χ4n) is 1.76. The maximum absolute atomic E-state index is 5.52. The first-order valence-corrected chi connectivity index (χ1v) is 5.47. The van der Waals surface area contributed by atoms with Crippen molar-refractivity contribution >= 4 is 5.78 Å². The van der Waals surface area contributed by atoms with E-state index in [9.17, 15) is 0 Å². The van der Waals surface area contributed by atoms with E-state index < -0.39 is 0 Å². The highest BCUT2D eigenvalue weighted by atomic mass is 15.3. The molecule has 0 aliphatic heterocycles. The molecule has 5 heteroatoms. The van der Waals surface area contributed by atoms with Crippen molar-refractivity contribution in [3.8, 4) is 11.4 Å². The molecule has 3 rings (SSSR count). The Labute approximate surface area is 98.3 Å². The Kier molecular flexibility index (Phi) is 2.19. The highest BCUT2D eigenvalue weighted by molar-refractivity contribution is 5.57. The second-order valence-electron chi connectivity index (χ2n) is 4.04. The average Bonchev–Trinajstić information content (AvgIpc) is 2.87. The van der Waals surface area contributed by atoms with Gasteiger partial charge in [0.25, 0.3) is 5.78 Å². The third kappa shape index (κ3) is 1.70. The minimum absolute atomic E-state index is 0.428. The van der Waals surface area contributed by atoms with Gasteiger partial charge in [-0.05, 0) is 6.92 Å². The summed E-state index contributed by atoms with van der Waals surface area (Å²) < 4.78 is 1.79. The molecule has 0 aliphatic carbocycles. The van der Waals surface area contributed by atoms with Crippen molar-refractivity contribution in [3.63, 3.8) is 0 Å². The Morgan fingerprint density at radius 3 is 2.65 bits per heavy atom. The van der Waals surface area contributed by atoms with E-state index >= 15 is 0 Å². The summed E-state index contributed by atoms with van der Waals surface area (Å²) >= 11 is 0. The van der Waals surface area contributed by atoms with Crippen LogP contribution in [0, 0.1) is 6.92 Å². The first-order chi connectivity index (χ1) is 8.26. The van der Waals surface area contributed by atoms with Crippen LogP contribution in [0.25, 0.3) is 17.2 Å². The van der Waals surface area contributed by atoms with Gasteiger partial charge in [0.2, 0.25) is 0 Å². The number of nitrogens with zero attached hydrogens (tertiary/aromatic N) is 3. The summed E-state index contributed by atoms with van der Waals surface area (Å²) in [5.41, 5.74) is 8.64. The van der Waals surface area contributed by atoms with E-state index in [1.807, 2.05) is 18.3 Å². The molecule has 0 aliphatic rings. The van der Waals surface area contributed by atoms with Gasteiger partial charge in [-0.2, -0.15) is 4.98 Å². The number of fused-ring (bicyclic) bond motifs is 1. The monoisotopic (exact) mass is 227 g/mol. The normalized spacial score (nSPS) is 11.2. The third-order valence-electron chi connectivity index (χ3n) is 2.71. The number of aromatic nitrogens is 4. The fraction of sp³-hybridized carbons (Fsp3) is 0.167. The number of aromatic amines is 1. The molecule has 1 aromatic carbocycles. The first kappa shape index (κ1) is 10.0. The van der Waals surface area contributed by atoms with Crippen LogP contribution >= 0.6 is 0 Å². The van der Waals surface area contributed by atoms with Crippen LogP contribution in [0.15, 0.2) is 30.5 Å². The molecular formula is C12H13N5. The Morgan fingerprint density at radius 2 is 2.00 bits per heavy atom. The van der Waals surface area contributed by atoms with Crippen LogP contribution in [0.5, 0.6) is 0 Å². The molecular weight excluding hydrogens is 214 g/mol. The number of hydrogen-bond donors (Lipinski definition) is 2. The number of hydrogen-bond acceptors (Lipinski definition) is 3. The van der Waals surface area contributed by atoms with Crippen molar-refractivity contribution in [2.45, 2.75) is 13.5 Å². The van der Waals surface area contributed by atoms with Gasteiger partial charge >= 0.3 is 0 Å². The van der Waals surface area contributed by atoms with Gasteiger partial charge in [0.15, 0.2) is 5.82 Å². The van der Waals surface area contributed by atoms with Crippen LogP contribution in [0.3, 0.4) is 0 Å². The fourth-order valence-corrected chi connectivity index (χ4v) is 1.76. The van der Waals surface area contributed by atoms with Gasteiger partial charge in [0, 0.05) is 12.1 Å². The molecule has 2 aromatic heterocycles. The van der Waals surface area contributed by atoms with Gasteiger partial charge in [0.05, 0.1) is 11.9 Å². The number of benzene rings is 1. The number of rotatable bonds is 2. The molecule has 5 nitrogen and oxygen atoms in total. The molecule has 0 saturated carbocycles. The van der Waals surface area contributed by atoms with Crippen LogP contribution < -0.4 is 5.73 Å². The van der Waals surface area contributed by atoms with Crippen molar-refractivity contribution < 1.29 is 0 Å². The van der Waals surface area contributed by atoms with Crippen LogP contribution in [-0.2, 0) is 6.54 Å². The topological polar surface area (TPSA) is 72.0 Å². The predicted molar refractivity (Wildman–Crippen MR) is 65.4 cm³/mol. The van der Waals surface area contributed by atoms with Gasteiger partial charge in [-0.1, -0.05) is 29.8 Å². The zero-order valence-electron chi connectivity index (χ0n) is 9.51. The van der Waals surface area contributed by atoms with Crippen molar-refractivity contribution in [1.82, 2.24) is 19.6 Å². The zero-order valence-corrected chi connectivity index (χ0v) is 9.51. The van der Waals surface area contributed by atoms with Crippen LogP contribution in [0.4, 0.5) is 0 Å². The molecule has 86 valence electrons. The highest BCUT2D eigenvalue weighted by Gasteiger charge is 2.07. The van der Waals surface area contributed by atoms with Gasteiger partial charge in [0.1, 0.15) is 0 Å². The van der Waals surface area contributed by atoms with Gasteiger partial charge in [-0.25, -0.2) is 9.50 Å². The lowest BCUT2D eigenvalue weighted by molar-refractivity contribution is 0.958. The number of nitrogens with one attached hydrogen (secondary N) is 1. The number of nitrogens with two attached hydrogens (primary N) is 1. The Morgan fingerprint density at radius 1 is 1.24 bits per heavy atom. The highest BCUT2D eigenvalue weighted by Crippen LogP contribution is 2.16. The molecule has 0 atom stereocenters. The van der Waals surface area contributed by atoms with Crippen molar-refractivity contribution in [2.24, 2.45) is 5.73 Å². The predicted octanol–water partition coefficient (Wildman–Crippen LogP) is 1.49. The summed E-state index contributed by atoms with van der Waals surface area (Å²) in [5.74, 6) is 1.47. The molecule has 0 fully saturated rings. The molecule has 0 saturated heterocycles. The number of imidazole rings is 1. The maximum Gasteiger partial charge on any atom is 0.251 e. The molecule has 0 bridgehead atoms. The Hall–Kier alpha value is -2.14. The minimum Gasteiger partial charge on any atom is -0.325 e. The molecule has 3 N–H and O–H groups in total. The van der Waals surface area contributed by atoms with E-state index in [2.05, 4.69) is 34.1 Å². The maximum atomic E-state index is 5.52. The van der Waals surface area contributed by atoms with Crippen molar-refractivity contribution in [2.75, 3.05) is 0 Å². The summed E-state index contributed by atoms with van der Waals surface area (Å²) in [6.45, 7) is 2.49. The quantitative estimate of drug-likeness (QED) is 0.696. The molecule has 0 spiro atoms. The summed E-state index contributed by atoms with van der Waals surface area (Å²) in [4.78, 5) is 8.71. The van der Waals surface area contributed by atoms with E-state index in [0.29, 0.717) is 12.3 Å². The number of aryl methyl sites for hydroxylation is 1. The smallest absolute Gasteiger partial charge is 0.251 e. The van der Waals surface area contributed by atoms with E-state index in [1.54, 1.807) is 4.52 Å². The van der Waals surface area contributed by atoms with E-state index in [0.717, 1.165) is 17.1 Å². The second-order valence-corrected chi connectivity index (χ2v) is 4.04. The minimum atomic E-state index is 0.428. The van der Waals surface area contributed by atoms with Crippen molar-refractivity contribution in [1.29, 1.82) is 0 Å². The lowest BCUT2D eigenvalue weighted by Crippen LogP contribution is -1.96. The summed E-state index contributed by atoms with van der Waals surface area (Å²) in [6, 6.07) is 8.20. The van der Waals surface area contributed by atoms with Gasteiger partial charge < -0.3 is 5.73 Å². The molecule has 3 aromatic rings. The van der Waals surface area contributed by atoms with Crippen LogP contribution in [0.2, 0.25) is 0 Å². The van der Waals surface area contributed by atoms with Gasteiger partial charge in [-0.15, -0.1) is 0 Å². The van der Waals surface area contributed by atoms with Crippen LogP contribution in [0.1, 0.15) is 11.3 Å².